The van der Waals surface area contributed by atoms with Crippen molar-refractivity contribution in [1.82, 2.24) is 19.7 Å². The van der Waals surface area contributed by atoms with Gasteiger partial charge < -0.3 is 4.90 Å². The molecule has 1 saturated carbocycles. The second kappa shape index (κ2) is 8.30. The molecule has 2 aromatic rings. The molecule has 0 N–H and O–H groups in total. The van der Waals surface area contributed by atoms with Crippen molar-refractivity contribution in [2.75, 3.05) is 19.6 Å². The van der Waals surface area contributed by atoms with Crippen LogP contribution in [0.5, 0.6) is 0 Å². The maximum Gasteiger partial charge on any atom is 0.163 e. The highest BCUT2D eigenvalue weighted by molar-refractivity contribution is 6.06. The van der Waals surface area contributed by atoms with Gasteiger partial charge in [0.2, 0.25) is 0 Å². The highest BCUT2D eigenvalue weighted by Crippen LogP contribution is 2.40. The molecule has 0 atom stereocenters. The monoisotopic (exact) mass is 356 g/mol. The van der Waals surface area contributed by atoms with E-state index in [-0.39, 0.29) is 11.8 Å². The van der Waals surface area contributed by atoms with Crippen molar-refractivity contribution < 1.29 is 4.79 Å². The second-order valence-electron chi connectivity index (χ2n) is 7.70. The highest BCUT2D eigenvalue weighted by Gasteiger charge is 2.28. The zero-order valence-corrected chi connectivity index (χ0v) is 16.7. The third-order valence-electron chi connectivity index (χ3n) is 5.39. The standard InChI is InChI=1S/C21H32N4O/c1-5-24(6-2)12-8-7-9-20(26)17-13-19(16-10-11-16)23-21-18(17)14-22-25(21)15(3)4/h13-16H,5-12H2,1-4H3. The Morgan fingerprint density at radius 3 is 2.62 bits per heavy atom. The van der Waals surface area contributed by atoms with Gasteiger partial charge >= 0.3 is 0 Å². The first-order chi connectivity index (χ1) is 12.5. The van der Waals surface area contributed by atoms with Gasteiger partial charge in [-0.2, -0.15) is 5.10 Å². The number of fused-ring (bicyclic) bond motifs is 1. The number of aromatic nitrogens is 3. The fourth-order valence-corrected chi connectivity index (χ4v) is 3.53. The van der Waals surface area contributed by atoms with Crippen molar-refractivity contribution in [3.63, 3.8) is 0 Å². The van der Waals surface area contributed by atoms with E-state index >= 15 is 0 Å². The van der Waals surface area contributed by atoms with E-state index < -0.39 is 0 Å². The molecule has 1 aliphatic rings. The van der Waals surface area contributed by atoms with E-state index in [1.165, 1.54) is 12.8 Å². The Balaban J connectivity index is 1.76. The molecular weight excluding hydrogens is 324 g/mol. The van der Waals surface area contributed by atoms with Gasteiger partial charge in [0.25, 0.3) is 0 Å². The van der Waals surface area contributed by atoms with E-state index in [9.17, 15) is 4.79 Å². The summed E-state index contributed by atoms with van der Waals surface area (Å²) in [5.74, 6) is 0.770. The van der Waals surface area contributed by atoms with Gasteiger partial charge in [0.05, 0.1) is 6.20 Å². The Morgan fingerprint density at radius 1 is 1.27 bits per heavy atom. The van der Waals surface area contributed by atoms with Gasteiger partial charge in [0, 0.05) is 35.0 Å². The summed E-state index contributed by atoms with van der Waals surface area (Å²) in [6.45, 7) is 11.8. The van der Waals surface area contributed by atoms with Crippen LogP contribution >= 0.6 is 0 Å². The van der Waals surface area contributed by atoms with Crippen molar-refractivity contribution in [3.05, 3.63) is 23.5 Å². The van der Waals surface area contributed by atoms with E-state index in [0.29, 0.717) is 12.3 Å². The average Bonchev–Trinajstić information content (AvgIpc) is 3.39. The molecule has 0 aromatic carbocycles. The van der Waals surface area contributed by atoms with E-state index in [4.69, 9.17) is 4.98 Å². The molecular formula is C21H32N4O. The molecule has 142 valence electrons. The summed E-state index contributed by atoms with van der Waals surface area (Å²) in [7, 11) is 0. The smallest absolute Gasteiger partial charge is 0.163 e. The minimum absolute atomic E-state index is 0.238. The quantitative estimate of drug-likeness (QED) is 0.462. The number of hydrogen-bond acceptors (Lipinski definition) is 4. The molecule has 5 heteroatoms. The maximum absolute atomic E-state index is 12.9. The largest absolute Gasteiger partial charge is 0.304 e. The summed E-state index contributed by atoms with van der Waals surface area (Å²) in [6, 6.07) is 2.28. The molecule has 0 unspecified atom stereocenters. The van der Waals surface area contributed by atoms with Gasteiger partial charge in [-0.3, -0.25) is 4.79 Å². The van der Waals surface area contributed by atoms with Crippen LogP contribution in [0.1, 0.15) is 87.8 Å². The van der Waals surface area contributed by atoms with Crippen molar-refractivity contribution in [2.45, 2.75) is 71.8 Å². The zero-order valence-electron chi connectivity index (χ0n) is 16.7. The molecule has 0 radical (unpaired) electrons. The lowest BCUT2D eigenvalue weighted by Gasteiger charge is -2.17. The van der Waals surface area contributed by atoms with Crippen LogP contribution in [0.2, 0.25) is 0 Å². The number of carbonyl (C=O) groups excluding carboxylic acids is 1. The molecule has 3 rings (SSSR count). The van der Waals surface area contributed by atoms with Gasteiger partial charge in [-0.25, -0.2) is 9.67 Å². The fraction of sp³-hybridized carbons (Fsp3) is 0.667. The van der Waals surface area contributed by atoms with Crippen molar-refractivity contribution in [3.8, 4) is 0 Å². The lowest BCUT2D eigenvalue weighted by atomic mass is 10.0. The Kier molecular flexibility index (Phi) is 6.07. The molecule has 0 spiro atoms. The van der Waals surface area contributed by atoms with E-state index in [0.717, 1.165) is 54.8 Å². The lowest BCUT2D eigenvalue weighted by Crippen LogP contribution is -2.24. The number of pyridine rings is 1. The summed E-state index contributed by atoms with van der Waals surface area (Å²) >= 11 is 0. The predicted octanol–water partition coefficient (Wildman–Crippen LogP) is 4.58. The fourth-order valence-electron chi connectivity index (χ4n) is 3.53. The van der Waals surface area contributed by atoms with E-state index in [2.05, 4.69) is 37.7 Å². The first-order valence-electron chi connectivity index (χ1n) is 10.2. The Morgan fingerprint density at radius 2 is 2.00 bits per heavy atom. The normalized spacial score (nSPS) is 14.7. The SMILES string of the molecule is CCN(CC)CCCCC(=O)c1cc(C2CC2)nc2c1cnn2C(C)C. The van der Waals surface area contributed by atoms with Crippen LogP contribution in [-0.2, 0) is 0 Å². The summed E-state index contributed by atoms with van der Waals surface area (Å²) in [5.41, 5.74) is 2.77. The number of hydrogen-bond donors (Lipinski definition) is 0. The van der Waals surface area contributed by atoms with Gasteiger partial charge in [-0.1, -0.05) is 13.8 Å². The molecule has 5 nitrogen and oxygen atoms in total. The highest BCUT2D eigenvalue weighted by atomic mass is 16.1. The van der Waals surface area contributed by atoms with Crippen LogP contribution in [0.3, 0.4) is 0 Å². The first kappa shape index (κ1) is 19.0. The number of unbranched alkanes of at least 4 members (excludes halogenated alkanes) is 1. The molecule has 0 aliphatic heterocycles. The third kappa shape index (κ3) is 4.14. The number of nitrogens with zero attached hydrogens (tertiary/aromatic N) is 4. The van der Waals surface area contributed by atoms with Crippen LogP contribution in [0.25, 0.3) is 11.0 Å². The minimum atomic E-state index is 0.238. The van der Waals surface area contributed by atoms with Crippen LogP contribution in [0, 0.1) is 0 Å². The summed E-state index contributed by atoms with van der Waals surface area (Å²) in [4.78, 5) is 20.2. The van der Waals surface area contributed by atoms with Gasteiger partial charge in [0.15, 0.2) is 11.4 Å². The molecule has 26 heavy (non-hydrogen) atoms. The maximum atomic E-state index is 12.9. The van der Waals surface area contributed by atoms with Crippen LogP contribution in [0.15, 0.2) is 12.3 Å². The van der Waals surface area contributed by atoms with Gasteiger partial charge in [-0.15, -0.1) is 0 Å². The molecule has 2 aromatic heterocycles. The van der Waals surface area contributed by atoms with Crippen molar-refractivity contribution >= 4 is 16.8 Å². The summed E-state index contributed by atoms with van der Waals surface area (Å²) in [5, 5.41) is 5.41. The molecule has 0 bridgehead atoms. The van der Waals surface area contributed by atoms with E-state index in [1.807, 2.05) is 16.9 Å². The van der Waals surface area contributed by atoms with Crippen LogP contribution in [-0.4, -0.2) is 45.1 Å². The molecule has 0 amide bonds. The topological polar surface area (TPSA) is 51.0 Å². The molecule has 1 fully saturated rings. The first-order valence-corrected chi connectivity index (χ1v) is 10.2. The predicted molar refractivity (Wildman–Crippen MR) is 106 cm³/mol. The minimum Gasteiger partial charge on any atom is -0.304 e. The Bertz CT molecular complexity index is 757. The average molecular weight is 357 g/mol. The van der Waals surface area contributed by atoms with Crippen molar-refractivity contribution in [1.29, 1.82) is 0 Å². The summed E-state index contributed by atoms with van der Waals surface area (Å²) < 4.78 is 1.94. The summed E-state index contributed by atoms with van der Waals surface area (Å²) in [6.07, 6.45) is 6.82. The zero-order chi connectivity index (χ0) is 18.7. The number of rotatable bonds is 10. The molecule has 0 saturated heterocycles. The Hall–Kier alpha value is -1.75. The van der Waals surface area contributed by atoms with Crippen LogP contribution in [0.4, 0.5) is 0 Å². The number of carbonyl (C=O) groups is 1. The van der Waals surface area contributed by atoms with Gasteiger partial charge in [-0.05, 0) is 65.2 Å². The van der Waals surface area contributed by atoms with Crippen molar-refractivity contribution in [2.24, 2.45) is 0 Å². The Labute approximate surface area is 156 Å². The van der Waals surface area contributed by atoms with E-state index in [1.54, 1.807) is 0 Å². The van der Waals surface area contributed by atoms with Gasteiger partial charge in [0.1, 0.15) is 0 Å². The molecule has 1 aliphatic carbocycles. The third-order valence-corrected chi connectivity index (χ3v) is 5.39. The second-order valence-corrected chi connectivity index (χ2v) is 7.70. The van der Waals surface area contributed by atoms with Crippen LogP contribution < -0.4 is 0 Å². The molecule has 2 heterocycles. The number of ketones is 1. The number of Topliss-reactive ketones (excluding diaryl/α,β-unsaturated/α-hetero) is 1. The lowest BCUT2D eigenvalue weighted by molar-refractivity contribution is 0.0979.